The van der Waals surface area contributed by atoms with E-state index in [1.807, 2.05) is 26.0 Å². The van der Waals surface area contributed by atoms with Crippen molar-refractivity contribution in [1.82, 2.24) is 10.0 Å². The van der Waals surface area contributed by atoms with Crippen molar-refractivity contribution in [2.24, 2.45) is 0 Å². The lowest BCUT2D eigenvalue weighted by Gasteiger charge is -2.12. The van der Waals surface area contributed by atoms with E-state index in [0.29, 0.717) is 4.90 Å². The third kappa shape index (κ3) is 3.31. The molecule has 1 aromatic carbocycles. The Kier molecular flexibility index (Phi) is 3.75. The molecule has 2 N–H and O–H groups in total. The van der Waals surface area contributed by atoms with Gasteiger partial charge in [-0.1, -0.05) is 19.1 Å². The van der Waals surface area contributed by atoms with Gasteiger partial charge >= 0.3 is 0 Å². The summed E-state index contributed by atoms with van der Waals surface area (Å²) in [6.07, 6.45) is 1.84. The molecule has 1 aliphatic rings. The summed E-state index contributed by atoms with van der Waals surface area (Å²) in [7, 11) is -3.36. The van der Waals surface area contributed by atoms with Gasteiger partial charge in [0.05, 0.1) is 4.90 Å². The summed E-state index contributed by atoms with van der Waals surface area (Å²) in [5, 5.41) is 3.21. The standard InChI is InChI=1S/C13H20N2O2S/c1-3-14-10-11-4-6-12(7-5-11)18(16,17)15-13(2)8-9-13/h4-7,14-15H,3,8-10H2,1-2H3. The van der Waals surface area contributed by atoms with Gasteiger partial charge in [-0.05, 0) is 44.0 Å². The van der Waals surface area contributed by atoms with E-state index in [9.17, 15) is 8.42 Å². The zero-order valence-electron chi connectivity index (χ0n) is 10.9. The van der Waals surface area contributed by atoms with Crippen LogP contribution in [0.1, 0.15) is 32.3 Å². The maximum Gasteiger partial charge on any atom is 0.241 e. The van der Waals surface area contributed by atoms with Crippen molar-refractivity contribution in [2.75, 3.05) is 6.54 Å². The number of hydrogen-bond acceptors (Lipinski definition) is 3. The van der Waals surface area contributed by atoms with Crippen LogP contribution in [0.4, 0.5) is 0 Å². The fourth-order valence-electron chi connectivity index (χ4n) is 1.73. The molecule has 2 rings (SSSR count). The quantitative estimate of drug-likeness (QED) is 0.824. The Labute approximate surface area is 109 Å². The minimum atomic E-state index is -3.36. The first-order chi connectivity index (χ1) is 8.45. The van der Waals surface area contributed by atoms with E-state index in [4.69, 9.17) is 0 Å². The monoisotopic (exact) mass is 268 g/mol. The maximum atomic E-state index is 12.1. The Morgan fingerprint density at radius 1 is 1.22 bits per heavy atom. The van der Waals surface area contributed by atoms with Gasteiger partial charge in [0.25, 0.3) is 0 Å². The second kappa shape index (κ2) is 4.99. The van der Waals surface area contributed by atoms with Gasteiger partial charge < -0.3 is 5.32 Å². The molecule has 0 heterocycles. The number of hydrogen-bond donors (Lipinski definition) is 2. The summed E-state index contributed by atoms with van der Waals surface area (Å²) >= 11 is 0. The molecule has 100 valence electrons. The molecule has 0 spiro atoms. The number of sulfonamides is 1. The lowest BCUT2D eigenvalue weighted by Crippen LogP contribution is -2.34. The molecule has 5 heteroatoms. The van der Waals surface area contributed by atoms with Crippen molar-refractivity contribution in [3.05, 3.63) is 29.8 Å². The summed E-state index contributed by atoms with van der Waals surface area (Å²) in [6, 6.07) is 7.04. The highest BCUT2D eigenvalue weighted by Gasteiger charge is 2.41. The molecule has 0 amide bonds. The second-order valence-electron chi connectivity index (χ2n) is 5.09. The van der Waals surface area contributed by atoms with Crippen LogP contribution in [-0.2, 0) is 16.6 Å². The van der Waals surface area contributed by atoms with Crippen molar-refractivity contribution >= 4 is 10.0 Å². The molecule has 0 radical (unpaired) electrons. The highest BCUT2D eigenvalue weighted by Crippen LogP contribution is 2.35. The zero-order valence-corrected chi connectivity index (χ0v) is 11.7. The third-order valence-corrected chi connectivity index (χ3v) is 4.85. The van der Waals surface area contributed by atoms with E-state index >= 15 is 0 Å². The highest BCUT2D eigenvalue weighted by atomic mass is 32.2. The predicted molar refractivity (Wildman–Crippen MR) is 71.8 cm³/mol. The summed E-state index contributed by atoms with van der Waals surface area (Å²) in [5.41, 5.74) is 0.870. The van der Waals surface area contributed by atoms with Crippen LogP contribution in [0.2, 0.25) is 0 Å². The SMILES string of the molecule is CCNCc1ccc(S(=O)(=O)NC2(C)CC2)cc1. The van der Waals surface area contributed by atoms with Gasteiger partial charge in [0.15, 0.2) is 0 Å². The maximum absolute atomic E-state index is 12.1. The topological polar surface area (TPSA) is 58.2 Å². The van der Waals surface area contributed by atoms with Crippen molar-refractivity contribution in [1.29, 1.82) is 0 Å². The lowest BCUT2D eigenvalue weighted by atomic mass is 10.2. The molecular formula is C13H20N2O2S. The van der Waals surface area contributed by atoms with Crippen LogP contribution in [-0.4, -0.2) is 20.5 Å². The summed E-state index contributed by atoms with van der Waals surface area (Å²) in [4.78, 5) is 0.343. The Morgan fingerprint density at radius 2 is 1.83 bits per heavy atom. The molecule has 18 heavy (non-hydrogen) atoms. The van der Waals surface area contributed by atoms with Crippen LogP contribution < -0.4 is 10.0 Å². The zero-order chi connectivity index (χ0) is 13.2. The molecule has 0 aliphatic heterocycles. The first kappa shape index (κ1) is 13.5. The third-order valence-electron chi connectivity index (χ3n) is 3.19. The first-order valence-corrected chi connectivity index (χ1v) is 7.77. The van der Waals surface area contributed by atoms with Crippen molar-refractivity contribution in [3.63, 3.8) is 0 Å². The van der Waals surface area contributed by atoms with Crippen molar-refractivity contribution in [2.45, 2.75) is 43.7 Å². The smallest absolute Gasteiger partial charge is 0.241 e. The van der Waals surface area contributed by atoms with Crippen LogP contribution in [0.5, 0.6) is 0 Å². The van der Waals surface area contributed by atoms with Crippen LogP contribution in [0, 0.1) is 0 Å². The summed E-state index contributed by atoms with van der Waals surface area (Å²) < 4.78 is 26.9. The molecule has 1 saturated carbocycles. The molecular weight excluding hydrogens is 248 g/mol. The predicted octanol–water partition coefficient (Wildman–Crippen LogP) is 1.63. The Morgan fingerprint density at radius 3 is 2.33 bits per heavy atom. The molecule has 0 bridgehead atoms. The van der Waals surface area contributed by atoms with Crippen molar-refractivity contribution in [3.8, 4) is 0 Å². The van der Waals surface area contributed by atoms with E-state index in [1.54, 1.807) is 12.1 Å². The normalized spacial score (nSPS) is 17.7. The lowest BCUT2D eigenvalue weighted by molar-refractivity contribution is 0.558. The highest BCUT2D eigenvalue weighted by molar-refractivity contribution is 7.89. The summed E-state index contributed by atoms with van der Waals surface area (Å²) in [5.74, 6) is 0. The van der Waals surface area contributed by atoms with Crippen LogP contribution >= 0.6 is 0 Å². The molecule has 0 atom stereocenters. The van der Waals surface area contributed by atoms with Gasteiger partial charge in [0, 0.05) is 12.1 Å². The average molecular weight is 268 g/mol. The van der Waals surface area contributed by atoms with Gasteiger partial charge in [-0.25, -0.2) is 13.1 Å². The molecule has 0 aromatic heterocycles. The molecule has 1 aromatic rings. The van der Waals surface area contributed by atoms with E-state index in [2.05, 4.69) is 10.0 Å². The van der Waals surface area contributed by atoms with Crippen LogP contribution in [0.3, 0.4) is 0 Å². The fourth-order valence-corrected chi connectivity index (χ4v) is 3.19. The number of nitrogens with one attached hydrogen (secondary N) is 2. The average Bonchev–Trinajstić information content (AvgIpc) is 3.03. The fraction of sp³-hybridized carbons (Fsp3) is 0.538. The molecule has 4 nitrogen and oxygen atoms in total. The van der Waals surface area contributed by atoms with Crippen LogP contribution in [0.25, 0.3) is 0 Å². The Balaban J connectivity index is 2.08. The Bertz CT molecular complexity index is 504. The summed E-state index contributed by atoms with van der Waals surface area (Å²) in [6.45, 7) is 5.64. The number of rotatable bonds is 6. The molecule has 1 fully saturated rings. The van der Waals surface area contributed by atoms with Crippen LogP contribution in [0.15, 0.2) is 29.2 Å². The number of benzene rings is 1. The van der Waals surface area contributed by atoms with E-state index in [0.717, 1.165) is 31.5 Å². The minimum Gasteiger partial charge on any atom is -0.313 e. The first-order valence-electron chi connectivity index (χ1n) is 6.29. The van der Waals surface area contributed by atoms with Gasteiger partial charge in [-0.3, -0.25) is 0 Å². The van der Waals surface area contributed by atoms with Gasteiger partial charge in [-0.15, -0.1) is 0 Å². The van der Waals surface area contributed by atoms with E-state index in [-0.39, 0.29) is 5.54 Å². The minimum absolute atomic E-state index is 0.221. The van der Waals surface area contributed by atoms with Gasteiger partial charge in [-0.2, -0.15) is 0 Å². The Hall–Kier alpha value is -0.910. The van der Waals surface area contributed by atoms with E-state index < -0.39 is 10.0 Å². The van der Waals surface area contributed by atoms with Gasteiger partial charge in [0.1, 0.15) is 0 Å². The van der Waals surface area contributed by atoms with E-state index in [1.165, 1.54) is 0 Å². The van der Waals surface area contributed by atoms with Gasteiger partial charge in [0.2, 0.25) is 10.0 Å². The molecule has 0 unspecified atom stereocenters. The second-order valence-corrected chi connectivity index (χ2v) is 6.77. The van der Waals surface area contributed by atoms with Crippen molar-refractivity contribution < 1.29 is 8.42 Å². The molecule has 1 aliphatic carbocycles. The molecule has 0 saturated heterocycles. The largest absolute Gasteiger partial charge is 0.313 e.